The van der Waals surface area contributed by atoms with Gasteiger partial charge in [-0.3, -0.25) is 4.90 Å². The Hall–Kier alpha value is -0.120. The van der Waals surface area contributed by atoms with E-state index < -0.39 is 0 Å². The highest BCUT2D eigenvalue weighted by Gasteiger charge is 2.28. The average molecular weight is 256 g/mol. The largest absolute Gasteiger partial charge is 0.383 e. The summed E-state index contributed by atoms with van der Waals surface area (Å²) in [5.41, 5.74) is 5.69. The predicted octanol–water partition coefficient (Wildman–Crippen LogP) is 2.64. The topological polar surface area (TPSA) is 38.5 Å². The van der Waals surface area contributed by atoms with Crippen molar-refractivity contribution in [2.75, 3.05) is 33.4 Å². The molecule has 1 saturated carbocycles. The Morgan fingerprint density at radius 1 is 1.22 bits per heavy atom. The Morgan fingerprint density at radius 2 is 2.00 bits per heavy atom. The van der Waals surface area contributed by atoms with Gasteiger partial charge in [0.1, 0.15) is 0 Å². The Bertz CT molecular complexity index is 189. The van der Waals surface area contributed by atoms with Crippen molar-refractivity contribution in [1.29, 1.82) is 0 Å². The molecule has 0 spiro atoms. The van der Waals surface area contributed by atoms with E-state index in [9.17, 15) is 0 Å². The Balaban J connectivity index is 2.15. The van der Waals surface area contributed by atoms with Gasteiger partial charge in [-0.15, -0.1) is 0 Å². The van der Waals surface area contributed by atoms with E-state index in [0.29, 0.717) is 0 Å². The lowest BCUT2D eigenvalue weighted by Gasteiger charge is -2.23. The van der Waals surface area contributed by atoms with Gasteiger partial charge < -0.3 is 10.5 Å². The van der Waals surface area contributed by atoms with E-state index in [0.717, 1.165) is 31.7 Å². The third kappa shape index (κ3) is 6.72. The van der Waals surface area contributed by atoms with Crippen LogP contribution in [0.15, 0.2) is 0 Å². The molecule has 2 N–H and O–H groups in total. The molecule has 0 aliphatic heterocycles. The van der Waals surface area contributed by atoms with E-state index in [1.807, 2.05) is 0 Å². The van der Waals surface area contributed by atoms with Crippen molar-refractivity contribution in [2.45, 2.75) is 57.9 Å². The highest BCUT2D eigenvalue weighted by atomic mass is 16.5. The SMILES string of the molecule is CCCC(CCN)CCCN(CCOC)C1CC1. The van der Waals surface area contributed by atoms with Crippen LogP contribution in [0, 0.1) is 5.92 Å². The van der Waals surface area contributed by atoms with Crippen LogP contribution >= 0.6 is 0 Å². The van der Waals surface area contributed by atoms with Crippen molar-refractivity contribution in [2.24, 2.45) is 11.7 Å². The zero-order valence-electron chi connectivity index (χ0n) is 12.4. The maximum Gasteiger partial charge on any atom is 0.0589 e. The Morgan fingerprint density at radius 3 is 2.56 bits per heavy atom. The molecule has 0 heterocycles. The first-order valence-electron chi connectivity index (χ1n) is 7.74. The van der Waals surface area contributed by atoms with Crippen LogP contribution < -0.4 is 5.73 Å². The highest BCUT2D eigenvalue weighted by Crippen LogP contribution is 2.27. The second-order valence-electron chi connectivity index (χ2n) is 5.63. The zero-order valence-corrected chi connectivity index (χ0v) is 12.4. The number of rotatable bonds is 12. The van der Waals surface area contributed by atoms with Crippen molar-refractivity contribution in [1.82, 2.24) is 4.90 Å². The summed E-state index contributed by atoms with van der Waals surface area (Å²) < 4.78 is 5.20. The fraction of sp³-hybridized carbons (Fsp3) is 1.00. The summed E-state index contributed by atoms with van der Waals surface area (Å²) in [6.45, 7) is 6.35. The first kappa shape index (κ1) is 15.9. The van der Waals surface area contributed by atoms with Gasteiger partial charge in [0.2, 0.25) is 0 Å². The maximum atomic E-state index is 5.69. The van der Waals surface area contributed by atoms with Crippen molar-refractivity contribution >= 4 is 0 Å². The van der Waals surface area contributed by atoms with E-state index in [2.05, 4.69) is 11.8 Å². The molecule has 1 unspecified atom stereocenters. The molecule has 1 aliphatic carbocycles. The monoisotopic (exact) mass is 256 g/mol. The number of methoxy groups -OCH3 is 1. The standard InChI is InChI=1S/C15H32N2O/c1-3-5-14(9-10-16)6-4-11-17(12-13-18-2)15-7-8-15/h14-15H,3-13,16H2,1-2H3. The lowest BCUT2D eigenvalue weighted by Crippen LogP contribution is -2.31. The number of nitrogens with zero attached hydrogens (tertiary/aromatic N) is 1. The summed E-state index contributed by atoms with van der Waals surface area (Å²) in [5, 5.41) is 0. The molecular formula is C15H32N2O. The highest BCUT2D eigenvalue weighted by molar-refractivity contribution is 4.84. The van der Waals surface area contributed by atoms with Crippen molar-refractivity contribution in [3.05, 3.63) is 0 Å². The Kier molecular flexibility index (Phi) is 8.64. The molecule has 1 aliphatic rings. The van der Waals surface area contributed by atoms with E-state index in [1.165, 1.54) is 51.5 Å². The number of ether oxygens (including phenoxy) is 1. The number of nitrogens with two attached hydrogens (primary N) is 1. The fourth-order valence-electron chi connectivity index (χ4n) is 2.79. The lowest BCUT2D eigenvalue weighted by molar-refractivity contribution is 0.141. The number of hydrogen-bond acceptors (Lipinski definition) is 3. The van der Waals surface area contributed by atoms with Gasteiger partial charge in [0, 0.05) is 19.7 Å². The first-order chi connectivity index (χ1) is 8.81. The van der Waals surface area contributed by atoms with Crippen LogP contribution in [0.25, 0.3) is 0 Å². The first-order valence-corrected chi connectivity index (χ1v) is 7.74. The van der Waals surface area contributed by atoms with Gasteiger partial charge in [-0.2, -0.15) is 0 Å². The minimum absolute atomic E-state index is 0.848. The van der Waals surface area contributed by atoms with E-state index in [1.54, 1.807) is 7.11 Å². The van der Waals surface area contributed by atoms with E-state index in [4.69, 9.17) is 10.5 Å². The van der Waals surface area contributed by atoms with Crippen LogP contribution in [0.2, 0.25) is 0 Å². The van der Waals surface area contributed by atoms with Crippen LogP contribution in [0.3, 0.4) is 0 Å². The summed E-state index contributed by atoms with van der Waals surface area (Å²) in [6.07, 6.45) is 9.30. The van der Waals surface area contributed by atoms with Crippen molar-refractivity contribution in [3.8, 4) is 0 Å². The molecule has 1 fully saturated rings. The van der Waals surface area contributed by atoms with Gasteiger partial charge in [0.15, 0.2) is 0 Å². The molecule has 1 atom stereocenters. The molecule has 0 aromatic heterocycles. The third-order valence-corrected chi connectivity index (χ3v) is 3.98. The predicted molar refractivity (Wildman–Crippen MR) is 77.8 cm³/mol. The van der Waals surface area contributed by atoms with Crippen LogP contribution in [0.1, 0.15) is 51.9 Å². The molecule has 0 radical (unpaired) electrons. The molecule has 0 saturated heterocycles. The van der Waals surface area contributed by atoms with Crippen LogP contribution in [0.4, 0.5) is 0 Å². The normalized spacial score (nSPS) is 17.3. The zero-order chi connectivity index (χ0) is 13.2. The van der Waals surface area contributed by atoms with Gasteiger partial charge in [-0.1, -0.05) is 19.8 Å². The molecule has 3 heteroatoms. The Labute approximate surface area is 113 Å². The molecule has 0 bridgehead atoms. The maximum absolute atomic E-state index is 5.69. The molecule has 18 heavy (non-hydrogen) atoms. The molecule has 1 rings (SSSR count). The van der Waals surface area contributed by atoms with Gasteiger partial charge >= 0.3 is 0 Å². The second-order valence-corrected chi connectivity index (χ2v) is 5.63. The molecular weight excluding hydrogens is 224 g/mol. The van der Waals surface area contributed by atoms with Gasteiger partial charge in [-0.05, 0) is 51.1 Å². The van der Waals surface area contributed by atoms with Crippen molar-refractivity contribution in [3.63, 3.8) is 0 Å². The summed E-state index contributed by atoms with van der Waals surface area (Å²) in [7, 11) is 1.80. The summed E-state index contributed by atoms with van der Waals surface area (Å²) in [6, 6.07) is 0.860. The summed E-state index contributed by atoms with van der Waals surface area (Å²) in [4.78, 5) is 2.62. The smallest absolute Gasteiger partial charge is 0.0589 e. The minimum Gasteiger partial charge on any atom is -0.383 e. The summed E-state index contributed by atoms with van der Waals surface area (Å²) in [5.74, 6) is 0.850. The fourth-order valence-corrected chi connectivity index (χ4v) is 2.79. The van der Waals surface area contributed by atoms with Crippen LogP contribution in [-0.2, 0) is 4.74 Å². The average Bonchev–Trinajstić information content (AvgIpc) is 3.18. The van der Waals surface area contributed by atoms with E-state index in [-0.39, 0.29) is 0 Å². The third-order valence-electron chi connectivity index (χ3n) is 3.98. The number of hydrogen-bond donors (Lipinski definition) is 1. The molecule has 3 nitrogen and oxygen atoms in total. The molecule has 0 amide bonds. The molecule has 0 aromatic rings. The molecule has 108 valence electrons. The van der Waals surface area contributed by atoms with Gasteiger partial charge in [0.25, 0.3) is 0 Å². The second kappa shape index (κ2) is 9.76. The van der Waals surface area contributed by atoms with Crippen LogP contribution in [0.5, 0.6) is 0 Å². The quantitative estimate of drug-likeness (QED) is 0.583. The van der Waals surface area contributed by atoms with Gasteiger partial charge in [0.05, 0.1) is 6.61 Å². The van der Waals surface area contributed by atoms with Crippen LogP contribution in [-0.4, -0.2) is 44.3 Å². The van der Waals surface area contributed by atoms with Gasteiger partial charge in [-0.25, -0.2) is 0 Å². The van der Waals surface area contributed by atoms with Crippen molar-refractivity contribution < 1.29 is 4.74 Å². The minimum atomic E-state index is 0.848. The lowest BCUT2D eigenvalue weighted by atomic mass is 9.94. The van der Waals surface area contributed by atoms with E-state index >= 15 is 0 Å². The molecule has 0 aromatic carbocycles. The summed E-state index contributed by atoms with van der Waals surface area (Å²) >= 11 is 0.